The van der Waals surface area contributed by atoms with Crippen molar-refractivity contribution in [2.75, 3.05) is 0 Å². The molecule has 1 saturated heterocycles. The van der Waals surface area contributed by atoms with E-state index < -0.39 is 28.9 Å². The van der Waals surface area contributed by atoms with Gasteiger partial charge in [0.25, 0.3) is 5.79 Å². The van der Waals surface area contributed by atoms with Gasteiger partial charge in [-0.3, -0.25) is 0 Å². The molecule has 2 N–H and O–H groups in total. The molecule has 1 fully saturated rings. The summed E-state index contributed by atoms with van der Waals surface area (Å²) in [5, 5.41) is 19.8. The van der Waals surface area contributed by atoms with Crippen LogP contribution in [-0.2, 0) is 24.5 Å². The first-order valence-corrected chi connectivity index (χ1v) is 7.74. The number of ether oxygens (including phenoxy) is 2. The van der Waals surface area contributed by atoms with Crippen LogP contribution in [0.5, 0.6) is 11.5 Å². The van der Waals surface area contributed by atoms with Crippen molar-refractivity contribution < 1.29 is 29.3 Å². The van der Waals surface area contributed by atoms with E-state index in [1.807, 2.05) is 0 Å². The van der Waals surface area contributed by atoms with E-state index in [4.69, 9.17) is 9.47 Å². The van der Waals surface area contributed by atoms with Gasteiger partial charge in [0.05, 0.1) is 0 Å². The van der Waals surface area contributed by atoms with Crippen molar-refractivity contribution in [3.8, 4) is 11.5 Å². The number of carbonyl (C=O) groups excluding carboxylic acids is 2. The Bertz CT molecular complexity index is 834. The Morgan fingerprint density at radius 2 is 1.44 bits per heavy atom. The number of phenolic OH excluding ortho intramolecular Hbond substituents is 2. The minimum absolute atomic E-state index is 0.192. The number of carbonyl (C=O) groups is 2. The van der Waals surface area contributed by atoms with Crippen LogP contribution < -0.4 is 0 Å². The highest BCUT2D eigenvalue weighted by Gasteiger charge is 2.59. The molecule has 6 heteroatoms. The number of rotatable bonds is 2. The summed E-state index contributed by atoms with van der Waals surface area (Å²) in [7, 11) is 0. The normalized spacial score (nSPS) is 18.4. The highest BCUT2D eigenvalue weighted by molar-refractivity contribution is 6.11. The predicted octanol–water partition coefficient (Wildman–Crippen LogP) is 2.53. The smallest absolute Gasteiger partial charge is 0.335 e. The Morgan fingerprint density at radius 1 is 0.880 bits per heavy atom. The zero-order chi connectivity index (χ0) is 18.4. The van der Waals surface area contributed by atoms with Gasteiger partial charge in [-0.15, -0.1) is 0 Å². The molecule has 6 nitrogen and oxygen atoms in total. The van der Waals surface area contributed by atoms with Crippen LogP contribution in [0.15, 0.2) is 42.5 Å². The molecular formula is C19H18O6. The van der Waals surface area contributed by atoms with E-state index in [0.29, 0.717) is 5.56 Å². The molecule has 0 aliphatic carbocycles. The fourth-order valence-corrected chi connectivity index (χ4v) is 3.10. The van der Waals surface area contributed by atoms with Crippen LogP contribution in [0, 0.1) is 6.92 Å². The lowest BCUT2D eigenvalue weighted by atomic mass is 9.72. The van der Waals surface area contributed by atoms with Crippen LogP contribution >= 0.6 is 0 Å². The molecule has 0 bridgehead atoms. The number of aromatic hydroxyl groups is 2. The molecule has 1 aliphatic rings. The van der Waals surface area contributed by atoms with Crippen LogP contribution in [0.4, 0.5) is 0 Å². The summed E-state index contributed by atoms with van der Waals surface area (Å²) in [6.07, 6.45) is 0. The van der Waals surface area contributed by atoms with E-state index in [1.54, 1.807) is 30.3 Å². The Morgan fingerprint density at radius 3 is 2.00 bits per heavy atom. The largest absolute Gasteiger partial charge is 0.504 e. The third-order valence-corrected chi connectivity index (χ3v) is 4.31. The number of esters is 2. The molecule has 2 aromatic carbocycles. The fourth-order valence-electron chi connectivity index (χ4n) is 3.10. The van der Waals surface area contributed by atoms with E-state index in [0.717, 1.165) is 0 Å². The van der Waals surface area contributed by atoms with E-state index in [2.05, 4.69) is 0 Å². The second kappa shape index (κ2) is 5.51. The van der Waals surface area contributed by atoms with E-state index >= 15 is 0 Å². The summed E-state index contributed by atoms with van der Waals surface area (Å²) < 4.78 is 10.7. The third-order valence-electron chi connectivity index (χ3n) is 4.31. The van der Waals surface area contributed by atoms with Crippen LogP contribution in [0.2, 0.25) is 0 Å². The second-order valence-electron chi connectivity index (χ2n) is 6.40. The lowest BCUT2D eigenvalue weighted by Crippen LogP contribution is -2.57. The molecule has 0 radical (unpaired) electrons. The highest BCUT2D eigenvalue weighted by atomic mass is 16.7. The van der Waals surface area contributed by atoms with Crippen molar-refractivity contribution in [2.24, 2.45) is 0 Å². The van der Waals surface area contributed by atoms with Gasteiger partial charge in [0.1, 0.15) is 0 Å². The summed E-state index contributed by atoms with van der Waals surface area (Å²) in [5.41, 5.74) is -1.14. The van der Waals surface area contributed by atoms with Crippen molar-refractivity contribution in [2.45, 2.75) is 32.0 Å². The van der Waals surface area contributed by atoms with Gasteiger partial charge < -0.3 is 19.7 Å². The predicted molar refractivity (Wildman–Crippen MR) is 88.0 cm³/mol. The molecule has 0 saturated carbocycles. The van der Waals surface area contributed by atoms with E-state index in [-0.39, 0.29) is 16.9 Å². The Kier molecular flexibility index (Phi) is 3.71. The number of hydrogen-bond donors (Lipinski definition) is 2. The number of cyclic esters (lactones) is 2. The maximum Gasteiger partial charge on any atom is 0.335 e. The van der Waals surface area contributed by atoms with Gasteiger partial charge in [0, 0.05) is 13.8 Å². The number of phenols is 2. The van der Waals surface area contributed by atoms with Gasteiger partial charge in [-0.05, 0) is 29.7 Å². The van der Waals surface area contributed by atoms with E-state index in [9.17, 15) is 19.8 Å². The van der Waals surface area contributed by atoms with Crippen LogP contribution in [0.25, 0.3) is 0 Å². The average molecular weight is 342 g/mol. The summed E-state index contributed by atoms with van der Waals surface area (Å²) in [6, 6.07) is 11.0. The minimum Gasteiger partial charge on any atom is -0.504 e. The fraction of sp³-hybridized carbons (Fsp3) is 0.263. The van der Waals surface area contributed by atoms with Crippen molar-refractivity contribution in [3.63, 3.8) is 0 Å². The lowest BCUT2D eigenvalue weighted by Gasteiger charge is -2.41. The minimum atomic E-state index is -1.88. The summed E-state index contributed by atoms with van der Waals surface area (Å²) in [5.74, 6) is -3.74. The van der Waals surface area contributed by atoms with Crippen molar-refractivity contribution in [3.05, 3.63) is 59.2 Å². The Labute approximate surface area is 144 Å². The molecule has 2 aromatic rings. The molecule has 0 aromatic heterocycles. The number of hydrogen-bond acceptors (Lipinski definition) is 6. The Balaban J connectivity index is 2.35. The van der Waals surface area contributed by atoms with Gasteiger partial charge >= 0.3 is 11.9 Å². The summed E-state index contributed by atoms with van der Waals surface area (Å²) in [6.45, 7) is 4.45. The average Bonchev–Trinajstić information content (AvgIpc) is 2.54. The molecule has 130 valence electrons. The van der Waals surface area contributed by atoms with Gasteiger partial charge in [-0.1, -0.05) is 36.4 Å². The topological polar surface area (TPSA) is 93.1 Å². The van der Waals surface area contributed by atoms with Crippen LogP contribution in [0.1, 0.15) is 30.5 Å². The van der Waals surface area contributed by atoms with Gasteiger partial charge in [0.2, 0.25) is 5.41 Å². The van der Waals surface area contributed by atoms with E-state index in [1.165, 1.54) is 32.9 Å². The molecule has 0 atom stereocenters. The molecule has 1 aliphatic heterocycles. The molecule has 1 heterocycles. The molecule has 0 amide bonds. The van der Waals surface area contributed by atoms with Crippen molar-refractivity contribution in [1.82, 2.24) is 0 Å². The lowest BCUT2D eigenvalue weighted by molar-refractivity contribution is -0.240. The highest BCUT2D eigenvalue weighted by Crippen LogP contribution is 2.45. The maximum atomic E-state index is 13.0. The van der Waals surface area contributed by atoms with Gasteiger partial charge in [-0.25, -0.2) is 9.59 Å². The molecule has 0 spiro atoms. The first-order valence-electron chi connectivity index (χ1n) is 7.74. The molecule has 25 heavy (non-hydrogen) atoms. The SMILES string of the molecule is Cc1c(C2(c3ccccc3)C(=O)OC(C)(C)OC2=O)ccc(O)c1O. The zero-order valence-corrected chi connectivity index (χ0v) is 14.1. The van der Waals surface area contributed by atoms with Crippen molar-refractivity contribution in [1.29, 1.82) is 0 Å². The molecule has 3 rings (SSSR count). The van der Waals surface area contributed by atoms with Crippen molar-refractivity contribution >= 4 is 11.9 Å². The maximum absolute atomic E-state index is 13.0. The third kappa shape index (κ3) is 2.41. The van der Waals surface area contributed by atoms with Crippen LogP contribution in [0.3, 0.4) is 0 Å². The molecular weight excluding hydrogens is 324 g/mol. The monoisotopic (exact) mass is 342 g/mol. The van der Waals surface area contributed by atoms with Gasteiger partial charge in [0.15, 0.2) is 11.5 Å². The Hall–Kier alpha value is -3.02. The standard InChI is InChI=1S/C19H18O6/c1-11-13(9-10-14(20)15(11)21)19(12-7-5-4-6-8-12)16(22)24-18(2,3)25-17(19)23/h4-10,20-21H,1-3H3. The quantitative estimate of drug-likeness (QED) is 0.495. The number of benzene rings is 2. The second-order valence-corrected chi connectivity index (χ2v) is 6.40. The zero-order valence-electron chi connectivity index (χ0n) is 14.1. The molecule has 0 unspecified atom stereocenters. The first-order chi connectivity index (χ1) is 11.7. The summed E-state index contributed by atoms with van der Waals surface area (Å²) >= 11 is 0. The van der Waals surface area contributed by atoms with Gasteiger partial charge in [-0.2, -0.15) is 0 Å². The van der Waals surface area contributed by atoms with Crippen LogP contribution in [-0.4, -0.2) is 27.9 Å². The first kappa shape index (κ1) is 16.8. The summed E-state index contributed by atoms with van der Waals surface area (Å²) in [4.78, 5) is 26.0.